The quantitative estimate of drug-likeness (QED) is 0.182. The molecule has 5 aliphatic rings. The van der Waals surface area contributed by atoms with Crippen molar-refractivity contribution in [2.75, 3.05) is 0 Å². The van der Waals surface area contributed by atoms with Gasteiger partial charge in [0.05, 0.1) is 5.69 Å². The van der Waals surface area contributed by atoms with Crippen LogP contribution in [0.25, 0.3) is 67.7 Å². The topological polar surface area (TPSA) is 64.5 Å². The first-order valence-corrected chi connectivity index (χ1v) is 18.7. The zero-order chi connectivity index (χ0) is 34.2. The summed E-state index contributed by atoms with van der Waals surface area (Å²) < 4.78 is 0. The van der Waals surface area contributed by atoms with Gasteiger partial charge in [-0.3, -0.25) is 9.97 Å². The maximum atomic E-state index is 5.09. The zero-order valence-corrected chi connectivity index (χ0v) is 28.9. The Hall–Kier alpha value is -5.81. The highest BCUT2D eigenvalue weighted by Gasteiger charge is 2.61. The fraction of sp³-hybridized carbons (Fsp3) is 0.213. The van der Waals surface area contributed by atoms with Crippen molar-refractivity contribution in [3.8, 4) is 67.7 Å². The molecule has 4 bridgehead atoms. The van der Waals surface area contributed by atoms with Crippen LogP contribution in [0, 0.1) is 23.7 Å². The third kappa shape index (κ3) is 4.58. The fourth-order valence-electron chi connectivity index (χ4n) is 10.7. The molecule has 0 atom stereocenters. The van der Waals surface area contributed by atoms with Crippen molar-refractivity contribution >= 4 is 0 Å². The van der Waals surface area contributed by atoms with Gasteiger partial charge >= 0.3 is 0 Å². The molecule has 5 heteroatoms. The standard InChI is InChI=1S/C47H37N5/c1-3-8-31(9-4-1)35-12-7-13-36(25-35)46-51-44(33-10-5-2-6-11-33)50-45(52-46)34-16-14-32(15-17-34)43-26-42-40(28-49-43)39-27-48-19-18-41(39)47(42)37-21-29-20-30(23-37)24-38(47)22-29/h1-19,25-30,37-38H,20-24H2. The minimum absolute atomic E-state index is 0.0889. The first-order valence-electron chi connectivity index (χ1n) is 18.7. The third-order valence-corrected chi connectivity index (χ3v) is 12.7. The van der Waals surface area contributed by atoms with Gasteiger partial charge in [-0.1, -0.05) is 103 Å². The number of hydrogen-bond donors (Lipinski definition) is 0. The molecule has 12 rings (SSSR count). The van der Waals surface area contributed by atoms with Crippen LogP contribution in [0.5, 0.6) is 0 Å². The summed E-state index contributed by atoms with van der Waals surface area (Å²) in [5.74, 6) is 5.18. The number of fused-ring (bicyclic) bond motifs is 3. The Bertz CT molecular complexity index is 2450. The lowest BCUT2D eigenvalue weighted by atomic mass is 9.43. The van der Waals surface area contributed by atoms with Crippen LogP contribution in [0.3, 0.4) is 0 Å². The average Bonchev–Trinajstić information content (AvgIpc) is 3.50. The fourth-order valence-corrected chi connectivity index (χ4v) is 10.7. The highest BCUT2D eigenvalue weighted by molar-refractivity contribution is 5.83. The van der Waals surface area contributed by atoms with E-state index in [-0.39, 0.29) is 5.41 Å². The molecule has 250 valence electrons. The van der Waals surface area contributed by atoms with Gasteiger partial charge in [0.1, 0.15) is 0 Å². The molecule has 0 amide bonds. The van der Waals surface area contributed by atoms with Crippen LogP contribution in [0.2, 0.25) is 0 Å². The molecule has 0 radical (unpaired) electrons. The number of rotatable bonds is 5. The lowest BCUT2D eigenvalue weighted by molar-refractivity contribution is -0.0399. The van der Waals surface area contributed by atoms with E-state index in [0.717, 1.165) is 50.9 Å². The number of hydrogen-bond acceptors (Lipinski definition) is 5. The van der Waals surface area contributed by atoms with Crippen molar-refractivity contribution in [2.45, 2.75) is 37.5 Å². The van der Waals surface area contributed by atoms with Crippen molar-refractivity contribution < 1.29 is 0 Å². The Labute approximate surface area is 303 Å². The van der Waals surface area contributed by atoms with Crippen LogP contribution in [-0.2, 0) is 5.41 Å². The molecule has 1 spiro atoms. The molecule has 3 heterocycles. The van der Waals surface area contributed by atoms with Gasteiger partial charge in [-0.15, -0.1) is 0 Å². The summed E-state index contributed by atoms with van der Waals surface area (Å²) >= 11 is 0. The minimum atomic E-state index is 0.0889. The summed E-state index contributed by atoms with van der Waals surface area (Å²) in [5.41, 5.74) is 13.0. The molecule has 4 saturated carbocycles. The summed E-state index contributed by atoms with van der Waals surface area (Å²) in [6.07, 6.45) is 13.1. The molecular weight excluding hydrogens is 635 g/mol. The second-order valence-corrected chi connectivity index (χ2v) is 15.4. The molecule has 0 N–H and O–H groups in total. The minimum Gasteiger partial charge on any atom is -0.264 e. The van der Waals surface area contributed by atoms with Gasteiger partial charge in [0.15, 0.2) is 17.5 Å². The SMILES string of the molecule is c1ccc(-c2cccc(-c3nc(-c4ccccc4)nc(-c4ccc(-c5cc6c(cn5)-c5cnccc5C65C6CC7CC(C6)CC5C7)cc4)n3)c2)cc1. The molecular formula is C47H37N5. The van der Waals surface area contributed by atoms with E-state index < -0.39 is 0 Å². The van der Waals surface area contributed by atoms with Gasteiger partial charge in [0.25, 0.3) is 0 Å². The molecule has 52 heavy (non-hydrogen) atoms. The predicted molar refractivity (Wildman–Crippen MR) is 206 cm³/mol. The van der Waals surface area contributed by atoms with Crippen LogP contribution in [-0.4, -0.2) is 24.9 Å². The second kappa shape index (κ2) is 11.6. The summed E-state index contributed by atoms with van der Waals surface area (Å²) in [6.45, 7) is 0. The predicted octanol–water partition coefficient (Wildman–Crippen LogP) is 10.7. The van der Waals surface area contributed by atoms with Crippen LogP contribution >= 0.6 is 0 Å². The number of nitrogens with zero attached hydrogens (tertiary/aromatic N) is 5. The zero-order valence-electron chi connectivity index (χ0n) is 28.9. The third-order valence-electron chi connectivity index (χ3n) is 12.7. The summed E-state index contributed by atoms with van der Waals surface area (Å²) in [5, 5.41) is 0. The van der Waals surface area contributed by atoms with E-state index in [1.165, 1.54) is 54.4 Å². The monoisotopic (exact) mass is 671 g/mol. The molecule has 0 saturated heterocycles. The number of benzene rings is 4. The van der Waals surface area contributed by atoms with Gasteiger partial charge in [-0.25, -0.2) is 15.0 Å². The number of pyridine rings is 2. The van der Waals surface area contributed by atoms with Crippen molar-refractivity contribution in [1.82, 2.24) is 24.9 Å². The van der Waals surface area contributed by atoms with Crippen molar-refractivity contribution in [2.24, 2.45) is 23.7 Å². The van der Waals surface area contributed by atoms with Crippen molar-refractivity contribution in [3.05, 3.63) is 151 Å². The molecule has 0 unspecified atom stereocenters. The summed E-state index contributed by atoms with van der Waals surface area (Å²) in [7, 11) is 0. The lowest BCUT2D eigenvalue weighted by Crippen LogP contribution is -2.55. The van der Waals surface area contributed by atoms with E-state index in [0.29, 0.717) is 29.3 Å². The normalized spacial score (nSPS) is 23.5. The van der Waals surface area contributed by atoms with E-state index in [1.807, 2.05) is 30.5 Å². The Morgan fingerprint density at radius 1 is 0.442 bits per heavy atom. The molecule has 5 aliphatic carbocycles. The first-order chi connectivity index (χ1) is 25.7. The highest BCUT2D eigenvalue weighted by atomic mass is 15.0. The van der Waals surface area contributed by atoms with E-state index in [4.69, 9.17) is 19.9 Å². The number of aromatic nitrogens is 5. The second-order valence-electron chi connectivity index (χ2n) is 15.4. The van der Waals surface area contributed by atoms with E-state index >= 15 is 0 Å². The van der Waals surface area contributed by atoms with Crippen molar-refractivity contribution in [3.63, 3.8) is 0 Å². The van der Waals surface area contributed by atoms with Crippen LogP contribution in [0.4, 0.5) is 0 Å². The highest BCUT2D eigenvalue weighted by Crippen LogP contribution is 2.69. The Balaban J connectivity index is 0.984. The van der Waals surface area contributed by atoms with E-state index in [2.05, 4.69) is 114 Å². The van der Waals surface area contributed by atoms with Crippen LogP contribution in [0.1, 0.15) is 43.2 Å². The molecule has 4 aromatic carbocycles. The van der Waals surface area contributed by atoms with Crippen molar-refractivity contribution in [1.29, 1.82) is 0 Å². The first kappa shape index (κ1) is 29.9. The van der Waals surface area contributed by atoms with Crippen LogP contribution < -0.4 is 0 Å². The largest absolute Gasteiger partial charge is 0.264 e. The Kier molecular flexibility index (Phi) is 6.67. The average molecular weight is 672 g/mol. The molecule has 3 aromatic heterocycles. The smallest absolute Gasteiger partial charge is 0.164 e. The molecule has 7 aromatic rings. The summed E-state index contributed by atoms with van der Waals surface area (Å²) in [4.78, 5) is 24.7. The van der Waals surface area contributed by atoms with E-state index in [9.17, 15) is 0 Å². The van der Waals surface area contributed by atoms with Gasteiger partial charge in [-0.05, 0) is 96.2 Å². The van der Waals surface area contributed by atoms with Gasteiger partial charge in [-0.2, -0.15) is 0 Å². The molecule has 0 aliphatic heterocycles. The Morgan fingerprint density at radius 2 is 1.00 bits per heavy atom. The molecule has 5 nitrogen and oxygen atoms in total. The Morgan fingerprint density at radius 3 is 1.69 bits per heavy atom. The van der Waals surface area contributed by atoms with Gasteiger partial charge in [0, 0.05) is 57.4 Å². The van der Waals surface area contributed by atoms with Gasteiger partial charge < -0.3 is 0 Å². The maximum Gasteiger partial charge on any atom is 0.164 e. The van der Waals surface area contributed by atoms with Crippen LogP contribution in [0.15, 0.2) is 140 Å². The molecule has 4 fully saturated rings. The van der Waals surface area contributed by atoms with E-state index in [1.54, 1.807) is 0 Å². The summed E-state index contributed by atoms with van der Waals surface area (Å²) in [6, 6.07) is 42.4. The maximum absolute atomic E-state index is 5.09. The van der Waals surface area contributed by atoms with Gasteiger partial charge in [0.2, 0.25) is 0 Å². The lowest BCUT2D eigenvalue weighted by Gasteiger charge is -2.61.